The molecular weight excluding hydrogens is 528 g/mol. The number of hydrogen-bond donors (Lipinski definition) is 0. The zero-order valence-corrected chi connectivity index (χ0v) is 22.4. The Balaban J connectivity index is 1.66. The van der Waals surface area contributed by atoms with E-state index in [2.05, 4.69) is 4.90 Å². The number of likely N-dealkylation sites (tertiary alicyclic amines) is 1. The van der Waals surface area contributed by atoms with Gasteiger partial charge < -0.3 is 9.30 Å². The van der Waals surface area contributed by atoms with Crippen molar-refractivity contribution < 1.29 is 27.5 Å². The fourth-order valence-corrected chi connectivity index (χ4v) is 5.76. The van der Waals surface area contributed by atoms with E-state index in [1.54, 1.807) is 32.2 Å². The number of carbonyl (C=O) groups excluding carboxylic acids is 2. The number of alkyl halides is 3. The van der Waals surface area contributed by atoms with Crippen LogP contribution in [-0.4, -0.2) is 41.4 Å². The minimum Gasteiger partial charge on any atom is -0.469 e. The lowest BCUT2D eigenvalue weighted by molar-refractivity contribution is -0.149. The number of carbonyl (C=O) groups is 2. The number of aryl methyl sites for hydroxylation is 2. The number of esters is 1. The smallest absolute Gasteiger partial charge is 0.416 e. The van der Waals surface area contributed by atoms with E-state index in [0.29, 0.717) is 48.1 Å². The van der Waals surface area contributed by atoms with Crippen molar-refractivity contribution in [3.05, 3.63) is 68.3 Å². The molecule has 0 aliphatic carbocycles. The number of rotatable bonds is 5. The van der Waals surface area contributed by atoms with Gasteiger partial charge in [-0.3, -0.25) is 14.5 Å². The zero-order valence-electron chi connectivity index (χ0n) is 20.9. The molecule has 0 spiro atoms. The first-order valence-corrected chi connectivity index (χ1v) is 12.6. The van der Waals surface area contributed by atoms with E-state index in [1.807, 2.05) is 6.92 Å². The number of methoxy groups -OCH3 is 1. The third-order valence-electron chi connectivity index (χ3n) is 7.21. The number of ketones is 1. The molecule has 37 heavy (non-hydrogen) atoms. The minimum atomic E-state index is -4.50. The summed E-state index contributed by atoms with van der Waals surface area (Å²) in [6.07, 6.45) is -3.85. The van der Waals surface area contributed by atoms with Crippen LogP contribution in [-0.2, 0) is 29.3 Å². The summed E-state index contributed by atoms with van der Waals surface area (Å²) >= 11 is 13.1. The lowest BCUT2D eigenvalue weighted by atomic mass is 9.86. The number of nitrogens with zero attached hydrogens (tertiary/aromatic N) is 2. The van der Waals surface area contributed by atoms with Gasteiger partial charge in [0.1, 0.15) is 0 Å². The molecule has 1 aliphatic rings. The monoisotopic (exact) mass is 554 g/mol. The maximum absolute atomic E-state index is 13.6. The Bertz CT molecular complexity index is 1380. The lowest BCUT2D eigenvalue weighted by Crippen LogP contribution is -2.42. The quantitative estimate of drug-likeness (QED) is 0.261. The molecule has 1 saturated heterocycles. The van der Waals surface area contributed by atoms with Crippen LogP contribution in [0.3, 0.4) is 0 Å². The van der Waals surface area contributed by atoms with Gasteiger partial charge in [-0.05, 0) is 61.2 Å². The van der Waals surface area contributed by atoms with Crippen molar-refractivity contribution in [2.75, 3.05) is 20.2 Å². The van der Waals surface area contributed by atoms with Gasteiger partial charge in [-0.2, -0.15) is 13.2 Å². The molecule has 198 valence electrons. The number of ether oxygens (including phenoxy) is 1. The summed E-state index contributed by atoms with van der Waals surface area (Å²) in [7, 11) is 2.94. The highest BCUT2D eigenvalue weighted by Crippen LogP contribution is 2.37. The summed E-state index contributed by atoms with van der Waals surface area (Å²) in [5, 5.41) is 0.914. The van der Waals surface area contributed by atoms with Gasteiger partial charge in [0, 0.05) is 31.0 Å². The summed E-state index contributed by atoms with van der Waals surface area (Å²) in [6, 6.07) is 7.06. The van der Waals surface area contributed by atoms with E-state index >= 15 is 0 Å². The number of fused-ring (bicyclic) bond motifs is 1. The molecule has 0 bridgehead atoms. The van der Waals surface area contributed by atoms with Crippen molar-refractivity contribution in [2.45, 2.75) is 33.0 Å². The van der Waals surface area contributed by atoms with Crippen LogP contribution in [0.1, 0.15) is 46.1 Å². The highest BCUT2D eigenvalue weighted by atomic mass is 35.5. The fraction of sp³-hybridized carbons (Fsp3) is 0.407. The zero-order chi connectivity index (χ0) is 27.2. The number of aromatic nitrogens is 1. The number of hydrogen-bond acceptors (Lipinski definition) is 4. The van der Waals surface area contributed by atoms with E-state index < -0.39 is 17.5 Å². The first kappa shape index (κ1) is 27.5. The van der Waals surface area contributed by atoms with Crippen molar-refractivity contribution >= 4 is 45.9 Å². The van der Waals surface area contributed by atoms with Crippen LogP contribution in [0.25, 0.3) is 10.9 Å². The normalized spacial score (nSPS) is 18.8. The third kappa shape index (κ3) is 5.24. The van der Waals surface area contributed by atoms with E-state index in [4.69, 9.17) is 27.9 Å². The second-order valence-corrected chi connectivity index (χ2v) is 10.5. The van der Waals surface area contributed by atoms with Crippen LogP contribution in [0, 0.1) is 18.8 Å². The van der Waals surface area contributed by atoms with Crippen LogP contribution < -0.4 is 0 Å². The van der Waals surface area contributed by atoms with Crippen molar-refractivity contribution in [1.82, 2.24) is 9.47 Å². The molecule has 2 heterocycles. The van der Waals surface area contributed by atoms with E-state index in [1.165, 1.54) is 11.7 Å². The highest BCUT2D eigenvalue weighted by molar-refractivity contribution is 6.41. The molecule has 3 aromatic rings. The Labute approximate surface area is 223 Å². The summed E-state index contributed by atoms with van der Waals surface area (Å²) in [6.45, 7) is 5.36. The SMILES string of the molecule is COC(=O)[C@H]1CCN(Cc2ccc(Cl)c(C(=O)c3cc4c(C)cc(C(F)(F)F)cc4n3C)c2Cl)C[C@H]1C. The van der Waals surface area contributed by atoms with Crippen molar-refractivity contribution in [3.8, 4) is 0 Å². The van der Waals surface area contributed by atoms with Crippen LogP contribution in [0.4, 0.5) is 13.2 Å². The van der Waals surface area contributed by atoms with Gasteiger partial charge in [0.2, 0.25) is 5.78 Å². The maximum Gasteiger partial charge on any atom is 0.416 e. The molecule has 0 radical (unpaired) electrons. The van der Waals surface area contributed by atoms with Gasteiger partial charge in [0.15, 0.2) is 0 Å². The molecule has 0 amide bonds. The van der Waals surface area contributed by atoms with E-state index in [9.17, 15) is 22.8 Å². The van der Waals surface area contributed by atoms with Gasteiger partial charge in [-0.25, -0.2) is 0 Å². The van der Waals surface area contributed by atoms with Crippen LogP contribution >= 0.6 is 23.2 Å². The standard InChI is InChI=1S/C27H27Cl2F3N2O3/c1-14-9-17(27(30,31)32)10-21-19(14)11-22(33(21)3)25(35)23-20(28)6-5-16(24(23)29)13-34-8-7-18(15(2)12-34)26(36)37-4/h5-6,9-11,15,18H,7-8,12-13H2,1-4H3/t15-,18+/m1/s1. The molecule has 0 saturated carbocycles. The second kappa shape index (κ2) is 10.3. The Morgan fingerprint density at radius 3 is 2.49 bits per heavy atom. The first-order chi connectivity index (χ1) is 17.3. The van der Waals surface area contributed by atoms with Crippen LogP contribution in [0.15, 0.2) is 30.3 Å². The van der Waals surface area contributed by atoms with Gasteiger partial charge >= 0.3 is 12.1 Å². The van der Waals surface area contributed by atoms with Crippen molar-refractivity contribution in [3.63, 3.8) is 0 Å². The van der Waals surface area contributed by atoms with Gasteiger partial charge in [0.25, 0.3) is 0 Å². The molecule has 2 atom stereocenters. The summed E-state index contributed by atoms with van der Waals surface area (Å²) in [5.41, 5.74) is 0.925. The topological polar surface area (TPSA) is 51.5 Å². The molecule has 1 aromatic heterocycles. The molecule has 10 heteroatoms. The summed E-state index contributed by atoms with van der Waals surface area (Å²) in [4.78, 5) is 27.8. The highest BCUT2D eigenvalue weighted by Gasteiger charge is 2.34. The van der Waals surface area contributed by atoms with Crippen LogP contribution in [0.2, 0.25) is 10.0 Å². The van der Waals surface area contributed by atoms with E-state index in [-0.39, 0.29) is 39.1 Å². The predicted octanol–water partition coefficient (Wildman–Crippen LogP) is 6.67. The maximum atomic E-state index is 13.6. The second-order valence-electron chi connectivity index (χ2n) is 9.67. The average Bonchev–Trinajstić information content (AvgIpc) is 3.17. The summed E-state index contributed by atoms with van der Waals surface area (Å²) in [5.74, 6) is -0.751. The molecule has 0 N–H and O–H groups in total. The molecule has 4 rings (SSSR count). The predicted molar refractivity (Wildman–Crippen MR) is 137 cm³/mol. The first-order valence-electron chi connectivity index (χ1n) is 11.8. The third-order valence-corrected chi connectivity index (χ3v) is 7.96. The Hall–Kier alpha value is -2.55. The molecule has 2 aromatic carbocycles. The average molecular weight is 555 g/mol. The lowest BCUT2D eigenvalue weighted by Gasteiger charge is -2.35. The number of halogens is 5. The van der Waals surface area contributed by atoms with Gasteiger partial charge in [-0.15, -0.1) is 0 Å². The largest absolute Gasteiger partial charge is 0.469 e. The van der Waals surface area contributed by atoms with Crippen LogP contribution in [0.5, 0.6) is 0 Å². The van der Waals surface area contributed by atoms with E-state index in [0.717, 1.165) is 12.1 Å². The van der Waals surface area contributed by atoms with Crippen molar-refractivity contribution in [2.24, 2.45) is 18.9 Å². The van der Waals surface area contributed by atoms with Gasteiger partial charge in [0.05, 0.1) is 39.9 Å². The Morgan fingerprint density at radius 1 is 1.16 bits per heavy atom. The van der Waals surface area contributed by atoms with Gasteiger partial charge in [-0.1, -0.05) is 36.2 Å². The Kier molecular flexibility index (Phi) is 7.66. The summed E-state index contributed by atoms with van der Waals surface area (Å²) < 4.78 is 46.4. The molecule has 0 unspecified atom stereocenters. The Morgan fingerprint density at radius 2 is 1.86 bits per heavy atom. The molecular formula is C27H27Cl2F3N2O3. The molecule has 1 aliphatic heterocycles. The van der Waals surface area contributed by atoms with Crippen molar-refractivity contribution in [1.29, 1.82) is 0 Å². The molecule has 5 nitrogen and oxygen atoms in total. The number of piperidine rings is 1. The number of benzene rings is 2. The molecule has 1 fully saturated rings. The minimum absolute atomic E-state index is 0.0917. The fourth-order valence-electron chi connectivity index (χ4n) is 5.16.